The van der Waals surface area contributed by atoms with Gasteiger partial charge in [-0.15, -0.1) is 0 Å². The maximum absolute atomic E-state index is 12.2. The number of benzene rings is 1. The second-order valence-electron chi connectivity index (χ2n) is 4.65. The van der Waals surface area contributed by atoms with E-state index in [1.807, 2.05) is 31.2 Å². The van der Waals surface area contributed by atoms with Crippen molar-refractivity contribution in [3.05, 3.63) is 46.7 Å². The van der Waals surface area contributed by atoms with Crippen LogP contribution in [0.4, 0.5) is 11.6 Å². The highest BCUT2D eigenvalue weighted by atomic mass is 79.9. The Hall–Kier alpha value is -1.95. The van der Waals surface area contributed by atoms with Crippen LogP contribution in [0.2, 0.25) is 0 Å². The van der Waals surface area contributed by atoms with E-state index in [2.05, 4.69) is 43.5 Å². The number of nitrogens with zero attached hydrogens (tertiary/aromatic N) is 2. The van der Waals surface area contributed by atoms with Crippen LogP contribution in [0.25, 0.3) is 0 Å². The Kier molecular flexibility index (Phi) is 5.27. The maximum atomic E-state index is 12.2. The molecule has 0 fully saturated rings. The zero-order valence-electron chi connectivity index (χ0n) is 11.9. The number of carbonyl (C=O) groups is 1. The predicted molar refractivity (Wildman–Crippen MR) is 87.5 cm³/mol. The average Bonchev–Trinajstić information content (AvgIpc) is 2.49. The summed E-state index contributed by atoms with van der Waals surface area (Å²) in [5, 5.41) is 5.97. The summed E-state index contributed by atoms with van der Waals surface area (Å²) in [5.41, 5.74) is 1.03. The molecule has 5 nitrogen and oxygen atoms in total. The van der Waals surface area contributed by atoms with Crippen LogP contribution >= 0.6 is 15.9 Å². The third-order valence-corrected chi connectivity index (χ3v) is 3.69. The van der Waals surface area contributed by atoms with Crippen molar-refractivity contribution in [2.24, 2.45) is 0 Å². The molecule has 1 amide bonds. The van der Waals surface area contributed by atoms with Crippen molar-refractivity contribution in [3.63, 3.8) is 0 Å². The summed E-state index contributed by atoms with van der Waals surface area (Å²) in [6.45, 7) is 4.11. The Balaban J connectivity index is 2.12. The largest absolute Gasteiger partial charge is 0.352 e. The van der Waals surface area contributed by atoms with Crippen molar-refractivity contribution < 1.29 is 4.79 Å². The number of carbonyl (C=O) groups excluding carboxylic acids is 1. The summed E-state index contributed by atoms with van der Waals surface area (Å²) in [6.07, 6.45) is 2.53. The molecule has 110 valence electrons. The van der Waals surface area contributed by atoms with E-state index in [4.69, 9.17) is 0 Å². The predicted octanol–water partition coefficient (Wildman–Crippen LogP) is 3.70. The zero-order chi connectivity index (χ0) is 15.2. The van der Waals surface area contributed by atoms with Crippen molar-refractivity contribution in [1.82, 2.24) is 9.97 Å². The molecule has 2 N–H and O–H groups in total. The molecule has 0 aliphatic rings. The Labute approximate surface area is 132 Å². The van der Waals surface area contributed by atoms with Crippen molar-refractivity contribution in [2.75, 3.05) is 10.6 Å². The van der Waals surface area contributed by atoms with Gasteiger partial charge in [-0.05, 0) is 47.5 Å². The molecular formula is C15H17BrN4O. The van der Waals surface area contributed by atoms with Gasteiger partial charge in [-0.3, -0.25) is 4.79 Å². The van der Waals surface area contributed by atoms with E-state index in [9.17, 15) is 4.79 Å². The molecule has 1 unspecified atom stereocenters. The highest BCUT2D eigenvalue weighted by Crippen LogP contribution is 2.21. The summed E-state index contributed by atoms with van der Waals surface area (Å²) >= 11 is 3.39. The van der Waals surface area contributed by atoms with Crippen LogP contribution in [0.1, 0.15) is 30.8 Å². The van der Waals surface area contributed by atoms with E-state index >= 15 is 0 Å². The highest BCUT2D eigenvalue weighted by Gasteiger charge is 2.11. The standard InChI is InChI=1S/C15H17BrN4O/c1-3-10(2)18-15-17-9-8-13(20-15)14(21)19-12-7-5-4-6-11(12)16/h4-10H,3H2,1-2H3,(H,19,21)(H,17,18,20). The molecule has 0 bridgehead atoms. The van der Waals surface area contributed by atoms with Crippen LogP contribution in [0.5, 0.6) is 0 Å². The second kappa shape index (κ2) is 7.17. The summed E-state index contributed by atoms with van der Waals surface area (Å²) in [6, 6.07) is 9.28. The van der Waals surface area contributed by atoms with Gasteiger partial charge in [-0.2, -0.15) is 0 Å². The van der Waals surface area contributed by atoms with Crippen LogP contribution < -0.4 is 10.6 Å². The molecule has 2 rings (SSSR count). The van der Waals surface area contributed by atoms with Gasteiger partial charge in [0.1, 0.15) is 5.69 Å². The Morgan fingerprint density at radius 2 is 2.10 bits per heavy atom. The lowest BCUT2D eigenvalue weighted by molar-refractivity contribution is 0.102. The molecule has 1 aromatic carbocycles. The SMILES string of the molecule is CCC(C)Nc1nccc(C(=O)Nc2ccccc2Br)n1. The van der Waals surface area contributed by atoms with Crippen LogP contribution in [0, 0.1) is 0 Å². The lowest BCUT2D eigenvalue weighted by atomic mass is 10.3. The highest BCUT2D eigenvalue weighted by molar-refractivity contribution is 9.10. The van der Waals surface area contributed by atoms with Crippen molar-refractivity contribution >= 4 is 33.5 Å². The molecule has 1 heterocycles. The summed E-state index contributed by atoms with van der Waals surface area (Å²) < 4.78 is 0.824. The van der Waals surface area contributed by atoms with Gasteiger partial charge < -0.3 is 10.6 Å². The summed E-state index contributed by atoms with van der Waals surface area (Å²) in [5.74, 6) is 0.195. The van der Waals surface area contributed by atoms with E-state index in [-0.39, 0.29) is 11.9 Å². The van der Waals surface area contributed by atoms with Crippen LogP contribution in [-0.4, -0.2) is 21.9 Å². The first-order valence-electron chi connectivity index (χ1n) is 6.75. The molecule has 0 aliphatic carbocycles. The number of halogens is 1. The van der Waals surface area contributed by atoms with Gasteiger partial charge in [0.05, 0.1) is 5.69 Å². The van der Waals surface area contributed by atoms with Crippen molar-refractivity contribution in [2.45, 2.75) is 26.3 Å². The van der Waals surface area contributed by atoms with E-state index in [1.54, 1.807) is 12.3 Å². The minimum atomic E-state index is -0.267. The van der Waals surface area contributed by atoms with Gasteiger partial charge in [-0.25, -0.2) is 9.97 Å². The fourth-order valence-corrected chi connectivity index (χ4v) is 2.01. The Morgan fingerprint density at radius 1 is 1.33 bits per heavy atom. The fourth-order valence-electron chi connectivity index (χ4n) is 1.63. The van der Waals surface area contributed by atoms with Crippen molar-refractivity contribution in [3.8, 4) is 0 Å². The molecule has 0 saturated carbocycles. The number of hydrogen-bond donors (Lipinski definition) is 2. The number of para-hydroxylation sites is 1. The van der Waals surface area contributed by atoms with Gasteiger partial charge >= 0.3 is 0 Å². The fraction of sp³-hybridized carbons (Fsp3) is 0.267. The van der Waals surface area contributed by atoms with E-state index in [0.717, 1.165) is 10.9 Å². The van der Waals surface area contributed by atoms with Crippen LogP contribution in [-0.2, 0) is 0 Å². The lowest BCUT2D eigenvalue weighted by Gasteiger charge is -2.12. The topological polar surface area (TPSA) is 66.9 Å². The first-order chi connectivity index (χ1) is 10.1. The molecule has 0 saturated heterocycles. The first-order valence-corrected chi connectivity index (χ1v) is 7.55. The van der Waals surface area contributed by atoms with Crippen LogP contribution in [0.15, 0.2) is 41.0 Å². The maximum Gasteiger partial charge on any atom is 0.274 e. The smallest absolute Gasteiger partial charge is 0.274 e. The zero-order valence-corrected chi connectivity index (χ0v) is 13.5. The van der Waals surface area contributed by atoms with Gasteiger partial charge in [0.25, 0.3) is 5.91 Å². The second-order valence-corrected chi connectivity index (χ2v) is 5.51. The van der Waals surface area contributed by atoms with E-state index in [0.29, 0.717) is 17.3 Å². The molecule has 0 spiro atoms. The molecule has 21 heavy (non-hydrogen) atoms. The lowest BCUT2D eigenvalue weighted by Crippen LogP contribution is -2.19. The first kappa shape index (κ1) is 15.4. The number of rotatable bonds is 5. The molecular weight excluding hydrogens is 332 g/mol. The molecule has 0 aliphatic heterocycles. The molecule has 1 atom stereocenters. The molecule has 2 aromatic rings. The van der Waals surface area contributed by atoms with Crippen molar-refractivity contribution in [1.29, 1.82) is 0 Å². The minimum Gasteiger partial charge on any atom is -0.352 e. The monoisotopic (exact) mass is 348 g/mol. The number of hydrogen-bond acceptors (Lipinski definition) is 4. The Bertz CT molecular complexity index is 633. The third-order valence-electron chi connectivity index (χ3n) is 3.00. The van der Waals surface area contributed by atoms with Gasteiger partial charge in [0.15, 0.2) is 0 Å². The van der Waals surface area contributed by atoms with Crippen LogP contribution in [0.3, 0.4) is 0 Å². The van der Waals surface area contributed by atoms with Gasteiger partial charge in [-0.1, -0.05) is 19.1 Å². The number of nitrogens with one attached hydrogen (secondary N) is 2. The summed E-state index contributed by atoms with van der Waals surface area (Å²) in [7, 11) is 0. The minimum absolute atomic E-state index is 0.256. The van der Waals surface area contributed by atoms with Gasteiger partial charge in [0.2, 0.25) is 5.95 Å². The average molecular weight is 349 g/mol. The third kappa shape index (κ3) is 4.26. The van der Waals surface area contributed by atoms with E-state index < -0.39 is 0 Å². The number of anilines is 2. The Morgan fingerprint density at radius 3 is 2.81 bits per heavy atom. The number of amides is 1. The number of aromatic nitrogens is 2. The molecule has 1 aromatic heterocycles. The van der Waals surface area contributed by atoms with E-state index in [1.165, 1.54) is 0 Å². The van der Waals surface area contributed by atoms with Gasteiger partial charge in [0, 0.05) is 16.7 Å². The molecule has 0 radical (unpaired) electrons. The molecule has 6 heteroatoms. The normalized spacial score (nSPS) is 11.8. The summed E-state index contributed by atoms with van der Waals surface area (Å²) in [4.78, 5) is 20.6. The quantitative estimate of drug-likeness (QED) is 0.864.